The van der Waals surface area contributed by atoms with Gasteiger partial charge in [0.1, 0.15) is 10.7 Å². The van der Waals surface area contributed by atoms with Crippen LogP contribution in [0.4, 0.5) is 0 Å². The van der Waals surface area contributed by atoms with Gasteiger partial charge in [0, 0.05) is 32.8 Å². The van der Waals surface area contributed by atoms with E-state index in [1.807, 2.05) is 12.3 Å². The van der Waals surface area contributed by atoms with Crippen LogP contribution in [0.1, 0.15) is 26.3 Å². The van der Waals surface area contributed by atoms with Gasteiger partial charge in [0.05, 0.1) is 16.7 Å². The Labute approximate surface area is 248 Å². The Balaban J connectivity index is 1.51. The summed E-state index contributed by atoms with van der Waals surface area (Å²) in [6, 6.07) is 41.5. The van der Waals surface area contributed by atoms with E-state index in [2.05, 4.69) is 135 Å². The number of aromatic nitrogens is 3. The number of benzene rings is 5. The number of fused-ring (bicyclic) bond motifs is 5. The number of nitrogens with zero attached hydrogens (tertiary/aromatic N) is 3. The molecule has 5 aromatic carbocycles. The summed E-state index contributed by atoms with van der Waals surface area (Å²) in [5.41, 5.74) is 8.04. The van der Waals surface area contributed by atoms with Crippen molar-refractivity contribution < 1.29 is 0 Å². The van der Waals surface area contributed by atoms with Crippen LogP contribution in [0, 0.1) is 0 Å². The predicted octanol–water partition coefficient (Wildman–Crippen LogP) is 10.6. The Morgan fingerprint density at radius 3 is 2.24 bits per heavy atom. The molecule has 0 bridgehead atoms. The van der Waals surface area contributed by atoms with E-state index < -0.39 is 0 Å². The molecule has 42 heavy (non-hydrogen) atoms. The zero-order valence-electron chi connectivity index (χ0n) is 23.8. The van der Waals surface area contributed by atoms with E-state index in [1.54, 1.807) is 11.3 Å². The molecule has 3 heterocycles. The molecule has 0 N–H and O–H groups in total. The molecule has 8 rings (SSSR count). The third kappa shape index (κ3) is 3.94. The van der Waals surface area contributed by atoms with E-state index in [0.717, 1.165) is 32.9 Å². The summed E-state index contributed by atoms with van der Waals surface area (Å²) >= 11 is 1.74. The lowest BCUT2D eigenvalue weighted by molar-refractivity contribution is 0.590. The average Bonchev–Trinajstić information content (AvgIpc) is 3.57. The van der Waals surface area contributed by atoms with Gasteiger partial charge in [-0.25, -0.2) is 9.97 Å². The molecule has 4 heteroatoms. The second-order valence-corrected chi connectivity index (χ2v) is 12.9. The van der Waals surface area contributed by atoms with Gasteiger partial charge in [0.2, 0.25) is 0 Å². The van der Waals surface area contributed by atoms with Crippen molar-refractivity contribution in [2.24, 2.45) is 0 Å². The molecule has 0 unspecified atom stereocenters. The number of pyridine rings is 1. The Hall–Kier alpha value is -4.80. The third-order valence-corrected chi connectivity index (χ3v) is 9.39. The van der Waals surface area contributed by atoms with Gasteiger partial charge in [-0.2, -0.15) is 0 Å². The molecule has 0 aliphatic carbocycles. The van der Waals surface area contributed by atoms with Gasteiger partial charge in [-0.05, 0) is 69.8 Å². The van der Waals surface area contributed by atoms with Crippen LogP contribution >= 0.6 is 11.3 Å². The van der Waals surface area contributed by atoms with Crippen LogP contribution in [0.3, 0.4) is 0 Å². The molecule has 3 nitrogen and oxygen atoms in total. The molecule has 202 valence electrons. The topological polar surface area (TPSA) is 30.7 Å². The molecule has 0 fully saturated rings. The van der Waals surface area contributed by atoms with Crippen molar-refractivity contribution >= 4 is 53.4 Å². The Bertz CT molecular complexity index is 2280. The number of rotatable bonds is 3. The molecule has 0 spiro atoms. The number of hydrogen-bond acceptors (Lipinski definition) is 3. The standard InChI is InChI=1S/C38H29N3S/c1-38(2,3)27-18-19-33(31(23-27)24-11-5-4-6-12-24)41-34-22-26-14-8-7-13-25(26)21-32(34)40-36(41)30-16-9-15-28-29-17-10-20-39-37(29)42-35(28)30/h4-23H,1-3H3. The lowest BCUT2D eigenvalue weighted by Crippen LogP contribution is -2.12. The van der Waals surface area contributed by atoms with Crippen LogP contribution in [0.5, 0.6) is 0 Å². The molecule has 0 atom stereocenters. The zero-order chi connectivity index (χ0) is 28.4. The lowest BCUT2D eigenvalue weighted by Gasteiger charge is -2.23. The fraction of sp³-hybridized carbons (Fsp3) is 0.105. The van der Waals surface area contributed by atoms with Gasteiger partial charge >= 0.3 is 0 Å². The summed E-state index contributed by atoms with van der Waals surface area (Å²) in [4.78, 5) is 11.1. The van der Waals surface area contributed by atoms with Crippen molar-refractivity contribution in [3.63, 3.8) is 0 Å². The summed E-state index contributed by atoms with van der Waals surface area (Å²) in [6.07, 6.45) is 1.88. The molecule has 0 aliphatic heterocycles. The zero-order valence-corrected chi connectivity index (χ0v) is 24.6. The lowest BCUT2D eigenvalue weighted by atomic mass is 9.85. The monoisotopic (exact) mass is 559 g/mol. The van der Waals surface area contributed by atoms with Crippen LogP contribution in [0.15, 0.2) is 121 Å². The molecule has 0 saturated heterocycles. The van der Waals surface area contributed by atoms with Gasteiger partial charge in [0.25, 0.3) is 0 Å². The molecular weight excluding hydrogens is 531 g/mol. The van der Waals surface area contributed by atoms with Gasteiger partial charge in [-0.1, -0.05) is 93.6 Å². The normalized spacial score (nSPS) is 12.2. The number of hydrogen-bond donors (Lipinski definition) is 0. The van der Waals surface area contributed by atoms with Gasteiger partial charge in [-0.3, -0.25) is 4.57 Å². The number of thiophene rings is 1. The molecule has 0 saturated carbocycles. The van der Waals surface area contributed by atoms with Gasteiger partial charge < -0.3 is 0 Å². The van der Waals surface area contributed by atoms with E-state index in [1.165, 1.54) is 42.9 Å². The molecule has 0 amide bonds. The summed E-state index contributed by atoms with van der Waals surface area (Å²) in [6.45, 7) is 6.82. The number of imidazole rings is 1. The van der Waals surface area contributed by atoms with Crippen LogP contribution in [-0.2, 0) is 5.41 Å². The summed E-state index contributed by atoms with van der Waals surface area (Å²) in [5, 5.41) is 4.80. The van der Waals surface area contributed by atoms with Crippen LogP contribution in [0.2, 0.25) is 0 Å². The highest BCUT2D eigenvalue weighted by atomic mass is 32.1. The predicted molar refractivity (Wildman–Crippen MR) is 179 cm³/mol. The third-order valence-electron chi connectivity index (χ3n) is 8.23. The van der Waals surface area contributed by atoms with E-state index >= 15 is 0 Å². The second-order valence-electron chi connectivity index (χ2n) is 11.9. The first kappa shape index (κ1) is 25.0. The maximum Gasteiger partial charge on any atom is 0.147 e. The Kier molecular flexibility index (Phi) is 5.56. The van der Waals surface area contributed by atoms with E-state index in [-0.39, 0.29) is 5.41 Å². The van der Waals surface area contributed by atoms with E-state index in [0.29, 0.717) is 0 Å². The summed E-state index contributed by atoms with van der Waals surface area (Å²) < 4.78 is 3.59. The molecular formula is C38H29N3S. The quantitative estimate of drug-likeness (QED) is 0.216. The van der Waals surface area contributed by atoms with Crippen molar-refractivity contribution in [3.05, 3.63) is 127 Å². The fourth-order valence-electron chi connectivity index (χ4n) is 6.04. The molecule has 8 aromatic rings. The van der Waals surface area contributed by atoms with Crippen LogP contribution < -0.4 is 0 Å². The second kappa shape index (κ2) is 9.37. The average molecular weight is 560 g/mol. The smallest absolute Gasteiger partial charge is 0.147 e. The van der Waals surface area contributed by atoms with Crippen LogP contribution in [0.25, 0.3) is 70.3 Å². The van der Waals surface area contributed by atoms with Crippen molar-refractivity contribution in [1.29, 1.82) is 0 Å². The molecule has 0 radical (unpaired) electrons. The largest absolute Gasteiger partial charge is 0.292 e. The highest BCUT2D eigenvalue weighted by Gasteiger charge is 2.23. The first-order valence-corrected chi connectivity index (χ1v) is 15.2. The highest BCUT2D eigenvalue weighted by Crippen LogP contribution is 2.42. The summed E-state index contributed by atoms with van der Waals surface area (Å²) in [7, 11) is 0. The van der Waals surface area contributed by atoms with Gasteiger partial charge in [-0.15, -0.1) is 11.3 Å². The Morgan fingerprint density at radius 2 is 1.43 bits per heavy atom. The minimum Gasteiger partial charge on any atom is -0.292 e. The van der Waals surface area contributed by atoms with Crippen molar-refractivity contribution in [3.8, 4) is 28.2 Å². The molecule has 3 aromatic heterocycles. The van der Waals surface area contributed by atoms with Crippen molar-refractivity contribution in [1.82, 2.24) is 14.5 Å². The fourth-order valence-corrected chi connectivity index (χ4v) is 7.20. The minimum atomic E-state index is 0.0216. The highest BCUT2D eigenvalue weighted by molar-refractivity contribution is 7.26. The van der Waals surface area contributed by atoms with Gasteiger partial charge in [0.15, 0.2) is 0 Å². The Morgan fingerprint density at radius 1 is 0.667 bits per heavy atom. The van der Waals surface area contributed by atoms with Crippen LogP contribution in [-0.4, -0.2) is 14.5 Å². The molecule has 0 aliphatic rings. The SMILES string of the molecule is CC(C)(C)c1ccc(-n2c(-c3cccc4c3sc3ncccc34)nc3cc4ccccc4cc32)c(-c2ccccc2)c1. The first-order chi connectivity index (χ1) is 20.5. The summed E-state index contributed by atoms with van der Waals surface area (Å²) in [5.74, 6) is 0.943. The first-order valence-electron chi connectivity index (χ1n) is 14.3. The minimum absolute atomic E-state index is 0.0216. The maximum absolute atomic E-state index is 5.38. The van der Waals surface area contributed by atoms with E-state index in [4.69, 9.17) is 9.97 Å². The van der Waals surface area contributed by atoms with Crippen molar-refractivity contribution in [2.45, 2.75) is 26.2 Å². The van der Waals surface area contributed by atoms with Crippen molar-refractivity contribution in [2.75, 3.05) is 0 Å². The maximum atomic E-state index is 5.38. The van der Waals surface area contributed by atoms with E-state index in [9.17, 15) is 0 Å².